The molecule has 0 saturated heterocycles. The number of para-hydroxylation sites is 1. The number of esters is 1. The number of nitrogens with one attached hydrogen (secondary N) is 1. The van der Waals surface area contributed by atoms with Crippen LogP contribution in [0.2, 0.25) is 0 Å². The van der Waals surface area contributed by atoms with Gasteiger partial charge in [0.1, 0.15) is 0 Å². The number of aromatic nitrogens is 1. The van der Waals surface area contributed by atoms with Gasteiger partial charge in [0.25, 0.3) is 5.91 Å². The van der Waals surface area contributed by atoms with Crippen LogP contribution in [0.3, 0.4) is 0 Å². The van der Waals surface area contributed by atoms with E-state index in [0.29, 0.717) is 11.3 Å². The summed E-state index contributed by atoms with van der Waals surface area (Å²) in [5.74, 6) is -0.810. The SMILES string of the molecule is CCc1ccc(NC(=O)[C@H](C)OC(=O)c2c3c(nc4ccccc24)CCCC3)cc1. The zero-order valence-corrected chi connectivity index (χ0v) is 17.4. The van der Waals surface area contributed by atoms with Crippen LogP contribution in [0.15, 0.2) is 48.5 Å². The Labute approximate surface area is 176 Å². The van der Waals surface area contributed by atoms with E-state index in [0.717, 1.165) is 54.3 Å². The molecular formula is C25H26N2O3. The third-order valence-electron chi connectivity index (χ3n) is 5.66. The van der Waals surface area contributed by atoms with Gasteiger partial charge in [-0.2, -0.15) is 0 Å². The highest BCUT2D eigenvalue weighted by Gasteiger charge is 2.26. The van der Waals surface area contributed by atoms with E-state index in [1.165, 1.54) is 5.56 Å². The minimum absolute atomic E-state index is 0.347. The summed E-state index contributed by atoms with van der Waals surface area (Å²) < 4.78 is 5.61. The van der Waals surface area contributed by atoms with Crippen LogP contribution in [0.4, 0.5) is 5.69 Å². The molecule has 0 aliphatic heterocycles. The van der Waals surface area contributed by atoms with Gasteiger partial charge >= 0.3 is 5.97 Å². The molecule has 0 unspecified atom stereocenters. The lowest BCUT2D eigenvalue weighted by molar-refractivity contribution is -0.123. The van der Waals surface area contributed by atoms with Crippen molar-refractivity contribution < 1.29 is 14.3 Å². The van der Waals surface area contributed by atoms with Crippen molar-refractivity contribution in [1.82, 2.24) is 4.98 Å². The van der Waals surface area contributed by atoms with E-state index in [9.17, 15) is 9.59 Å². The summed E-state index contributed by atoms with van der Waals surface area (Å²) in [6, 6.07) is 15.3. The minimum Gasteiger partial charge on any atom is -0.449 e. The molecule has 1 N–H and O–H groups in total. The maximum atomic E-state index is 13.2. The molecule has 2 aromatic carbocycles. The van der Waals surface area contributed by atoms with Gasteiger partial charge in [0.05, 0.1) is 11.1 Å². The number of fused-ring (bicyclic) bond motifs is 2. The lowest BCUT2D eigenvalue weighted by Crippen LogP contribution is -2.30. The molecular weight excluding hydrogens is 376 g/mol. The third kappa shape index (κ3) is 4.06. The minimum atomic E-state index is -0.908. The molecule has 1 amide bonds. The highest BCUT2D eigenvalue weighted by atomic mass is 16.5. The van der Waals surface area contributed by atoms with Gasteiger partial charge in [-0.25, -0.2) is 4.79 Å². The second kappa shape index (κ2) is 8.66. The van der Waals surface area contributed by atoms with Gasteiger partial charge < -0.3 is 10.1 Å². The fourth-order valence-corrected chi connectivity index (χ4v) is 3.95. The van der Waals surface area contributed by atoms with Crippen molar-refractivity contribution in [3.8, 4) is 0 Å². The Hall–Kier alpha value is -3.21. The number of hydrogen-bond donors (Lipinski definition) is 1. The van der Waals surface area contributed by atoms with Gasteiger partial charge in [-0.3, -0.25) is 9.78 Å². The van der Waals surface area contributed by atoms with Gasteiger partial charge in [-0.15, -0.1) is 0 Å². The predicted molar refractivity (Wildman–Crippen MR) is 118 cm³/mol. The van der Waals surface area contributed by atoms with E-state index >= 15 is 0 Å². The molecule has 0 saturated carbocycles. The lowest BCUT2D eigenvalue weighted by atomic mass is 9.90. The number of hydrogen-bond acceptors (Lipinski definition) is 4. The Balaban J connectivity index is 1.55. The van der Waals surface area contributed by atoms with Crippen molar-refractivity contribution >= 4 is 28.5 Å². The summed E-state index contributed by atoms with van der Waals surface area (Å²) in [5, 5.41) is 3.60. The molecule has 1 aromatic heterocycles. The summed E-state index contributed by atoms with van der Waals surface area (Å²) >= 11 is 0. The molecule has 0 fully saturated rings. The zero-order chi connectivity index (χ0) is 21.1. The number of benzene rings is 2. The number of pyridine rings is 1. The van der Waals surface area contributed by atoms with Gasteiger partial charge in [-0.1, -0.05) is 37.3 Å². The third-order valence-corrected chi connectivity index (χ3v) is 5.66. The number of amides is 1. The Bertz CT molecular complexity index is 1090. The van der Waals surface area contributed by atoms with E-state index in [4.69, 9.17) is 9.72 Å². The molecule has 1 aliphatic carbocycles. The summed E-state index contributed by atoms with van der Waals surface area (Å²) in [5.41, 5.74) is 5.17. The van der Waals surface area contributed by atoms with Gasteiger partial charge in [0.15, 0.2) is 6.10 Å². The monoisotopic (exact) mass is 402 g/mol. The van der Waals surface area contributed by atoms with Crippen molar-refractivity contribution in [2.24, 2.45) is 0 Å². The fraction of sp³-hybridized carbons (Fsp3) is 0.320. The van der Waals surface area contributed by atoms with Crippen molar-refractivity contribution in [3.63, 3.8) is 0 Å². The van der Waals surface area contributed by atoms with Crippen molar-refractivity contribution in [2.45, 2.75) is 52.1 Å². The normalized spacial score (nSPS) is 14.1. The molecule has 1 heterocycles. The van der Waals surface area contributed by atoms with Crippen LogP contribution in [0, 0.1) is 0 Å². The zero-order valence-electron chi connectivity index (χ0n) is 17.4. The highest BCUT2D eigenvalue weighted by Crippen LogP contribution is 2.30. The molecule has 154 valence electrons. The van der Waals surface area contributed by atoms with Crippen LogP contribution in [-0.2, 0) is 28.8 Å². The molecule has 0 radical (unpaired) electrons. The molecule has 1 aliphatic rings. The number of rotatable bonds is 5. The standard InChI is InChI=1S/C25H26N2O3/c1-3-17-12-14-18(15-13-17)26-24(28)16(2)30-25(29)23-19-8-4-6-10-21(19)27-22-11-7-5-9-20(22)23/h4,6,8,10,12-16H,3,5,7,9,11H2,1-2H3,(H,26,28)/t16-/m0/s1. The molecule has 3 aromatic rings. The van der Waals surface area contributed by atoms with Crippen molar-refractivity contribution in [1.29, 1.82) is 0 Å². The average Bonchev–Trinajstić information content (AvgIpc) is 2.77. The largest absolute Gasteiger partial charge is 0.449 e. The van der Waals surface area contributed by atoms with Crippen LogP contribution in [0.5, 0.6) is 0 Å². The first kappa shape index (κ1) is 20.1. The smallest absolute Gasteiger partial charge is 0.339 e. The summed E-state index contributed by atoms with van der Waals surface area (Å²) in [6.45, 7) is 3.68. The number of carbonyl (C=O) groups is 2. The predicted octanol–water partition coefficient (Wildman–Crippen LogP) is 4.86. The maximum Gasteiger partial charge on any atom is 0.339 e. The lowest BCUT2D eigenvalue weighted by Gasteiger charge is -2.21. The Morgan fingerprint density at radius 3 is 2.57 bits per heavy atom. The molecule has 5 heteroatoms. The first-order valence-corrected chi connectivity index (χ1v) is 10.6. The van der Waals surface area contributed by atoms with Crippen LogP contribution < -0.4 is 5.32 Å². The van der Waals surface area contributed by atoms with E-state index in [2.05, 4.69) is 12.2 Å². The van der Waals surface area contributed by atoms with Crippen LogP contribution in [0.25, 0.3) is 10.9 Å². The number of aryl methyl sites for hydroxylation is 2. The summed E-state index contributed by atoms with van der Waals surface area (Å²) in [6.07, 6.45) is 3.80. The Morgan fingerprint density at radius 1 is 1.07 bits per heavy atom. The number of anilines is 1. The molecule has 0 bridgehead atoms. The van der Waals surface area contributed by atoms with Crippen molar-refractivity contribution in [2.75, 3.05) is 5.32 Å². The van der Waals surface area contributed by atoms with Crippen LogP contribution >= 0.6 is 0 Å². The van der Waals surface area contributed by atoms with E-state index in [-0.39, 0.29) is 5.91 Å². The number of nitrogens with zero attached hydrogens (tertiary/aromatic N) is 1. The second-order valence-corrected chi connectivity index (χ2v) is 7.72. The maximum absolute atomic E-state index is 13.2. The number of carbonyl (C=O) groups excluding carboxylic acids is 2. The molecule has 4 rings (SSSR count). The first-order valence-electron chi connectivity index (χ1n) is 10.6. The fourth-order valence-electron chi connectivity index (χ4n) is 3.95. The van der Waals surface area contributed by atoms with Crippen LogP contribution in [0.1, 0.15) is 53.9 Å². The topological polar surface area (TPSA) is 68.3 Å². The first-order chi connectivity index (χ1) is 14.6. The number of ether oxygens (including phenoxy) is 1. The molecule has 0 spiro atoms. The van der Waals surface area contributed by atoms with Crippen LogP contribution in [-0.4, -0.2) is 23.0 Å². The molecule has 5 nitrogen and oxygen atoms in total. The summed E-state index contributed by atoms with van der Waals surface area (Å²) in [4.78, 5) is 30.5. The van der Waals surface area contributed by atoms with E-state index in [1.807, 2.05) is 48.5 Å². The van der Waals surface area contributed by atoms with Gasteiger partial charge in [0, 0.05) is 16.8 Å². The van der Waals surface area contributed by atoms with Gasteiger partial charge in [-0.05, 0) is 68.4 Å². The van der Waals surface area contributed by atoms with Crippen molar-refractivity contribution in [3.05, 3.63) is 70.9 Å². The summed E-state index contributed by atoms with van der Waals surface area (Å²) in [7, 11) is 0. The van der Waals surface area contributed by atoms with E-state index in [1.54, 1.807) is 6.92 Å². The Kier molecular flexibility index (Phi) is 5.79. The quantitative estimate of drug-likeness (QED) is 0.619. The highest BCUT2D eigenvalue weighted by molar-refractivity contribution is 6.06. The Morgan fingerprint density at radius 2 is 1.80 bits per heavy atom. The molecule has 30 heavy (non-hydrogen) atoms. The average molecular weight is 402 g/mol. The second-order valence-electron chi connectivity index (χ2n) is 7.72. The molecule has 1 atom stereocenters. The van der Waals surface area contributed by atoms with Gasteiger partial charge in [0.2, 0.25) is 0 Å². The van der Waals surface area contributed by atoms with E-state index < -0.39 is 12.1 Å².